The molecule has 6 nitrogen and oxygen atoms in total. The first kappa shape index (κ1) is 17.5. The SMILES string of the molecule is CN(C)c1nnc(CNC2CC2c2ccc(OCc3ccccc3)cc2)o1. The van der Waals surface area contributed by atoms with Crippen LogP contribution in [0.25, 0.3) is 0 Å². The van der Waals surface area contributed by atoms with E-state index in [1.165, 1.54) is 11.1 Å². The lowest BCUT2D eigenvalue weighted by atomic mass is 10.1. The van der Waals surface area contributed by atoms with Gasteiger partial charge in [-0.15, -0.1) is 5.10 Å². The van der Waals surface area contributed by atoms with Crippen LogP contribution in [0.4, 0.5) is 6.01 Å². The number of hydrogen-bond donors (Lipinski definition) is 1. The zero-order valence-corrected chi connectivity index (χ0v) is 15.6. The van der Waals surface area contributed by atoms with E-state index in [2.05, 4.69) is 51.9 Å². The van der Waals surface area contributed by atoms with Crippen LogP contribution in [-0.2, 0) is 13.2 Å². The van der Waals surface area contributed by atoms with Crippen LogP contribution in [0.1, 0.15) is 29.4 Å². The Balaban J connectivity index is 1.25. The molecule has 2 aromatic carbocycles. The van der Waals surface area contributed by atoms with Crippen molar-refractivity contribution >= 4 is 6.01 Å². The molecule has 0 saturated heterocycles. The molecular weight excluding hydrogens is 340 g/mol. The highest BCUT2D eigenvalue weighted by Crippen LogP contribution is 2.41. The van der Waals surface area contributed by atoms with Gasteiger partial charge in [0.05, 0.1) is 6.54 Å². The van der Waals surface area contributed by atoms with E-state index in [1.54, 1.807) is 4.90 Å². The summed E-state index contributed by atoms with van der Waals surface area (Å²) in [6, 6.07) is 19.6. The summed E-state index contributed by atoms with van der Waals surface area (Å²) < 4.78 is 11.4. The molecule has 1 aromatic heterocycles. The minimum Gasteiger partial charge on any atom is -0.489 e. The average molecular weight is 364 g/mol. The van der Waals surface area contributed by atoms with Crippen LogP contribution < -0.4 is 15.0 Å². The average Bonchev–Trinajstić information content (AvgIpc) is 3.31. The number of nitrogens with one attached hydrogen (secondary N) is 1. The second-order valence-corrected chi connectivity index (χ2v) is 7.05. The molecule has 0 amide bonds. The molecule has 2 atom stereocenters. The lowest BCUT2D eigenvalue weighted by molar-refractivity contribution is 0.306. The van der Waals surface area contributed by atoms with Gasteiger partial charge in [0.2, 0.25) is 5.89 Å². The minimum absolute atomic E-state index is 0.454. The molecule has 1 aliphatic rings. The van der Waals surface area contributed by atoms with Gasteiger partial charge in [-0.2, -0.15) is 0 Å². The number of rotatable bonds is 8. The van der Waals surface area contributed by atoms with Gasteiger partial charge >= 0.3 is 6.01 Å². The summed E-state index contributed by atoms with van der Waals surface area (Å²) in [5.74, 6) is 2.05. The van der Waals surface area contributed by atoms with Gasteiger partial charge in [-0.1, -0.05) is 47.6 Å². The maximum atomic E-state index is 5.85. The van der Waals surface area contributed by atoms with E-state index in [9.17, 15) is 0 Å². The summed E-state index contributed by atoms with van der Waals surface area (Å²) in [7, 11) is 3.77. The van der Waals surface area contributed by atoms with Gasteiger partial charge in [-0.25, -0.2) is 0 Å². The van der Waals surface area contributed by atoms with Crippen LogP contribution in [-0.4, -0.2) is 30.3 Å². The number of hydrogen-bond acceptors (Lipinski definition) is 6. The highest BCUT2D eigenvalue weighted by molar-refractivity contribution is 5.34. The molecule has 140 valence electrons. The molecule has 4 rings (SSSR count). The van der Waals surface area contributed by atoms with Crippen molar-refractivity contribution in [2.45, 2.75) is 31.5 Å². The molecule has 0 spiro atoms. The second kappa shape index (κ2) is 7.80. The van der Waals surface area contributed by atoms with E-state index in [0.29, 0.717) is 37.0 Å². The number of aromatic nitrogens is 2. The number of ether oxygens (including phenoxy) is 1. The predicted molar refractivity (Wildman–Crippen MR) is 104 cm³/mol. The molecule has 1 N–H and O–H groups in total. The fourth-order valence-electron chi connectivity index (χ4n) is 3.06. The topological polar surface area (TPSA) is 63.4 Å². The maximum Gasteiger partial charge on any atom is 0.317 e. The van der Waals surface area contributed by atoms with Crippen LogP contribution in [0.15, 0.2) is 59.0 Å². The van der Waals surface area contributed by atoms with Crippen LogP contribution in [0, 0.1) is 0 Å². The Morgan fingerprint density at radius 1 is 1.07 bits per heavy atom. The molecule has 3 aromatic rings. The predicted octanol–water partition coefficient (Wildman–Crippen LogP) is 3.36. The van der Waals surface area contributed by atoms with Crippen LogP contribution in [0.5, 0.6) is 5.75 Å². The molecular formula is C21H24N4O2. The van der Waals surface area contributed by atoms with Gasteiger partial charge in [-0.3, -0.25) is 0 Å². The molecule has 1 heterocycles. The highest BCUT2D eigenvalue weighted by Gasteiger charge is 2.38. The van der Waals surface area contributed by atoms with Gasteiger partial charge in [0.1, 0.15) is 12.4 Å². The molecule has 0 bridgehead atoms. The monoisotopic (exact) mass is 364 g/mol. The van der Waals surface area contributed by atoms with Crippen LogP contribution >= 0.6 is 0 Å². The third-order valence-corrected chi connectivity index (χ3v) is 4.70. The summed E-state index contributed by atoms with van der Waals surface area (Å²) >= 11 is 0. The van der Waals surface area contributed by atoms with Gasteiger partial charge in [-0.05, 0) is 29.7 Å². The van der Waals surface area contributed by atoms with Crippen molar-refractivity contribution in [2.75, 3.05) is 19.0 Å². The van der Waals surface area contributed by atoms with Crippen molar-refractivity contribution in [3.8, 4) is 5.75 Å². The Kier molecular flexibility index (Phi) is 5.07. The fraction of sp³-hybridized carbons (Fsp3) is 0.333. The number of benzene rings is 2. The van der Waals surface area contributed by atoms with Crippen molar-refractivity contribution in [2.24, 2.45) is 0 Å². The fourth-order valence-corrected chi connectivity index (χ4v) is 3.06. The smallest absolute Gasteiger partial charge is 0.317 e. The highest BCUT2D eigenvalue weighted by atomic mass is 16.5. The van der Waals surface area contributed by atoms with E-state index < -0.39 is 0 Å². The Morgan fingerprint density at radius 2 is 1.85 bits per heavy atom. The van der Waals surface area contributed by atoms with Crippen molar-refractivity contribution in [3.63, 3.8) is 0 Å². The summed E-state index contributed by atoms with van der Waals surface area (Å²) in [5.41, 5.74) is 2.51. The van der Waals surface area contributed by atoms with Crippen molar-refractivity contribution in [3.05, 3.63) is 71.6 Å². The van der Waals surface area contributed by atoms with E-state index in [-0.39, 0.29) is 0 Å². The van der Waals surface area contributed by atoms with Gasteiger partial charge in [0.15, 0.2) is 0 Å². The number of nitrogens with zero attached hydrogens (tertiary/aromatic N) is 3. The lowest BCUT2D eigenvalue weighted by Gasteiger charge is -2.07. The molecule has 27 heavy (non-hydrogen) atoms. The van der Waals surface area contributed by atoms with E-state index in [0.717, 1.165) is 12.2 Å². The maximum absolute atomic E-state index is 5.85. The molecule has 1 saturated carbocycles. The molecule has 6 heteroatoms. The Bertz CT molecular complexity index is 861. The Hall–Kier alpha value is -2.86. The molecule has 0 radical (unpaired) electrons. The van der Waals surface area contributed by atoms with E-state index >= 15 is 0 Å². The number of anilines is 1. The van der Waals surface area contributed by atoms with Crippen molar-refractivity contribution in [1.29, 1.82) is 0 Å². The Labute approximate surface area is 159 Å². The molecule has 1 aliphatic carbocycles. The molecule has 2 unspecified atom stereocenters. The Morgan fingerprint density at radius 3 is 2.56 bits per heavy atom. The second-order valence-electron chi connectivity index (χ2n) is 7.05. The van der Waals surface area contributed by atoms with E-state index in [1.807, 2.05) is 32.3 Å². The van der Waals surface area contributed by atoms with Gasteiger partial charge in [0, 0.05) is 26.1 Å². The third kappa shape index (κ3) is 4.46. The minimum atomic E-state index is 0.454. The third-order valence-electron chi connectivity index (χ3n) is 4.70. The van der Waals surface area contributed by atoms with Gasteiger partial charge in [0.25, 0.3) is 0 Å². The van der Waals surface area contributed by atoms with Crippen molar-refractivity contribution in [1.82, 2.24) is 15.5 Å². The first-order valence-corrected chi connectivity index (χ1v) is 9.19. The largest absolute Gasteiger partial charge is 0.489 e. The van der Waals surface area contributed by atoms with Crippen molar-refractivity contribution < 1.29 is 9.15 Å². The van der Waals surface area contributed by atoms with Crippen LogP contribution in [0.2, 0.25) is 0 Å². The first-order chi connectivity index (χ1) is 13.2. The molecule has 1 fully saturated rings. The zero-order valence-electron chi connectivity index (χ0n) is 15.6. The van der Waals surface area contributed by atoms with E-state index in [4.69, 9.17) is 9.15 Å². The quantitative estimate of drug-likeness (QED) is 0.661. The normalized spacial score (nSPS) is 18.3. The summed E-state index contributed by atoms with van der Waals surface area (Å²) in [6.45, 7) is 1.19. The first-order valence-electron chi connectivity index (χ1n) is 9.19. The summed E-state index contributed by atoms with van der Waals surface area (Å²) in [5, 5.41) is 11.5. The van der Waals surface area contributed by atoms with Crippen LogP contribution in [0.3, 0.4) is 0 Å². The standard InChI is InChI=1S/C21H24N4O2/c1-25(2)21-24-23-20(27-21)13-22-19-12-18(19)16-8-10-17(11-9-16)26-14-15-6-4-3-5-7-15/h3-11,18-19,22H,12-14H2,1-2H3. The van der Waals surface area contributed by atoms with Gasteiger partial charge < -0.3 is 19.4 Å². The summed E-state index contributed by atoms with van der Waals surface area (Å²) in [4.78, 5) is 1.80. The summed E-state index contributed by atoms with van der Waals surface area (Å²) in [6.07, 6.45) is 1.12. The zero-order chi connectivity index (χ0) is 18.6. The lowest BCUT2D eigenvalue weighted by Crippen LogP contribution is -2.17. The molecule has 0 aliphatic heterocycles.